The van der Waals surface area contributed by atoms with Crippen LogP contribution in [0, 0.1) is 11.8 Å². The van der Waals surface area contributed by atoms with Gasteiger partial charge in [-0.15, -0.1) is 0 Å². The molecule has 2 aromatic rings. The van der Waals surface area contributed by atoms with E-state index in [2.05, 4.69) is 31.3 Å². The van der Waals surface area contributed by atoms with Gasteiger partial charge in [-0.3, -0.25) is 9.69 Å². The van der Waals surface area contributed by atoms with Gasteiger partial charge in [0.05, 0.1) is 17.5 Å². The highest BCUT2D eigenvalue weighted by atomic mass is 19.4. The summed E-state index contributed by atoms with van der Waals surface area (Å²) in [7, 11) is 0. The second kappa shape index (κ2) is 10.3. The van der Waals surface area contributed by atoms with Crippen molar-refractivity contribution in [2.75, 3.05) is 19.6 Å². The maximum atomic E-state index is 13.3. The van der Waals surface area contributed by atoms with Crippen molar-refractivity contribution in [2.45, 2.75) is 64.9 Å². The molecule has 1 fully saturated rings. The molecule has 0 aromatic heterocycles. The van der Waals surface area contributed by atoms with Crippen LogP contribution in [0.4, 0.5) is 13.2 Å². The molecule has 0 saturated carbocycles. The van der Waals surface area contributed by atoms with E-state index in [9.17, 15) is 18.0 Å². The van der Waals surface area contributed by atoms with E-state index >= 15 is 0 Å². The summed E-state index contributed by atoms with van der Waals surface area (Å²) in [5.41, 5.74) is 3.52. The van der Waals surface area contributed by atoms with Crippen molar-refractivity contribution in [1.82, 2.24) is 10.2 Å². The first-order chi connectivity index (χ1) is 16.5. The number of piperazine rings is 1. The SMILES string of the molecule is CC(C(=O)OC(C)N1CCNCC1c1cccc(C(F)(F)F)c1)c1ccc2c(c1)CC(C(C)C)C2. The minimum atomic E-state index is -4.40. The number of fused-ring (bicyclic) bond motifs is 1. The summed E-state index contributed by atoms with van der Waals surface area (Å²) in [6.45, 7) is 9.89. The smallest absolute Gasteiger partial charge is 0.416 e. The molecule has 190 valence electrons. The standard InChI is InChI=1S/C28H35F3N2O2/c1-17(2)23-13-21-9-8-20(12-24(21)14-23)18(3)27(34)35-19(4)33-11-10-32-16-26(33)22-6-5-7-25(15-22)28(29,30)31/h5-9,12,15,17-19,23,26,32H,10-11,13-14,16H2,1-4H3. The normalized spacial score (nSPS) is 22.6. The molecule has 2 aliphatic rings. The number of esters is 1. The van der Waals surface area contributed by atoms with Crippen LogP contribution in [0.5, 0.6) is 0 Å². The van der Waals surface area contributed by atoms with Crippen molar-refractivity contribution in [3.05, 3.63) is 70.3 Å². The molecule has 4 rings (SSSR count). The molecule has 4 nitrogen and oxygen atoms in total. The number of hydrogen-bond donors (Lipinski definition) is 1. The summed E-state index contributed by atoms with van der Waals surface area (Å²) >= 11 is 0. The van der Waals surface area contributed by atoms with Crippen LogP contribution in [-0.2, 0) is 28.5 Å². The van der Waals surface area contributed by atoms with Crippen LogP contribution < -0.4 is 5.32 Å². The zero-order valence-electron chi connectivity index (χ0n) is 20.9. The molecule has 0 radical (unpaired) electrons. The van der Waals surface area contributed by atoms with E-state index in [4.69, 9.17) is 4.74 Å². The lowest BCUT2D eigenvalue weighted by Crippen LogP contribution is -2.51. The average Bonchev–Trinajstić information content (AvgIpc) is 3.27. The number of alkyl halides is 3. The fourth-order valence-electron chi connectivity index (χ4n) is 5.27. The van der Waals surface area contributed by atoms with Crippen molar-refractivity contribution in [1.29, 1.82) is 0 Å². The first-order valence-electron chi connectivity index (χ1n) is 12.5. The Kier molecular flexibility index (Phi) is 7.57. The van der Waals surface area contributed by atoms with Gasteiger partial charge in [0, 0.05) is 19.6 Å². The van der Waals surface area contributed by atoms with Crippen LogP contribution >= 0.6 is 0 Å². The van der Waals surface area contributed by atoms with Gasteiger partial charge in [-0.2, -0.15) is 13.2 Å². The summed E-state index contributed by atoms with van der Waals surface area (Å²) in [5.74, 6) is 0.522. The Hall–Kier alpha value is -2.38. The van der Waals surface area contributed by atoms with Crippen LogP contribution in [0.3, 0.4) is 0 Å². The number of rotatable bonds is 6. The number of nitrogens with one attached hydrogen (secondary N) is 1. The molecule has 2 aromatic carbocycles. The number of nitrogens with zero attached hydrogens (tertiary/aromatic N) is 1. The van der Waals surface area contributed by atoms with Gasteiger partial charge in [0.15, 0.2) is 6.23 Å². The predicted octanol–water partition coefficient (Wildman–Crippen LogP) is 5.72. The molecule has 1 saturated heterocycles. The zero-order chi connectivity index (χ0) is 25.3. The lowest BCUT2D eigenvalue weighted by molar-refractivity contribution is -0.162. The van der Waals surface area contributed by atoms with Gasteiger partial charge in [0.2, 0.25) is 0 Å². The molecule has 1 aliphatic carbocycles. The number of carbonyl (C=O) groups is 1. The van der Waals surface area contributed by atoms with E-state index in [1.165, 1.54) is 23.3 Å². The van der Waals surface area contributed by atoms with Gasteiger partial charge in [-0.1, -0.05) is 44.2 Å². The number of hydrogen-bond acceptors (Lipinski definition) is 4. The molecular weight excluding hydrogens is 453 g/mol. The Bertz CT molecular complexity index is 1050. The van der Waals surface area contributed by atoms with Crippen LogP contribution in [-0.4, -0.2) is 36.7 Å². The highest BCUT2D eigenvalue weighted by molar-refractivity contribution is 5.78. The van der Waals surface area contributed by atoms with E-state index in [1.54, 1.807) is 13.0 Å². The monoisotopic (exact) mass is 488 g/mol. The molecule has 35 heavy (non-hydrogen) atoms. The summed E-state index contributed by atoms with van der Waals surface area (Å²) < 4.78 is 45.6. The average molecular weight is 489 g/mol. The Labute approximate surface area is 205 Å². The minimum Gasteiger partial charge on any atom is -0.446 e. The molecule has 1 N–H and O–H groups in total. The van der Waals surface area contributed by atoms with Crippen molar-refractivity contribution in [2.24, 2.45) is 11.8 Å². The Morgan fingerprint density at radius 2 is 1.80 bits per heavy atom. The molecule has 0 spiro atoms. The third kappa shape index (κ3) is 5.72. The Morgan fingerprint density at radius 3 is 2.51 bits per heavy atom. The number of ether oxygens (including phenoxy) is 1. The zero-order valence-corrected chi connectivity index (χ0v) is 20.9. The largest absolute Gasteiger partial charge is 0.446 e. The van der Waals surface area contributed by atoms with Crippen LogP contribution in [0.2, 0.25) is 0 Å². The lowest BCUT2D eigenvalue weighted by atomic mass is 9.93. The van der Waals surface area contributed by atoms with Gasteiger partial charge in [-0.05, 0) is 72.9 Å². The molecule has 4 unspecified atom stereocenters. The van der Waals surface area contributed by atoms with Gasteiger partial charge in [0.25, 0.3) is 0 Å². The molecule has 7 heteroatoms. The lowest BCUT2D eigenvalue weighted by Gasteiger charge is -2.40. The number of carbonyl (C=O) groups excluding carboxylic acids is 1. The Morgan fingerprint density at radius 1 is 1.06 bits per heavy atom. The first kappa shape index (κ1) is 25.7. The van der Waals surface area contributed by atoms with Gasteiger partial charge in [-0.25, -0.2) is 0 Å². The minimum absolute atomic E-state index is 0.322. The third-order valence-corrected chi connectivity index (χ3v) is 7.63. The van der Waals surface area contributed by atoms with E-state index in [0.29, 0.717) is 37.0 Å². The van der Waals surface area contributed by atoms with Crippen molar-refractivity contribution in [3.8, 4) is 0 Å². The van der Waals surface area contributed by atoms with E-state index in [0.717, 1.165) is 24.5 Å². The molecule has 0 bridgehead atoms. The molecule has 0 amide bonds. The second-order valence-electron chi connectivity index (χ2n) is 10.3. The fourth-order valence-corrected chi connectivity index (χ4v) is 5.27. The van der Waals surface area contributed by atoms with Gasteiger partial charge >= 0.3 is 12.1 Å². The molecule has 1 heterocycles. The molecular formula is C28H35F3N2O2. The first-order valence-corrected chi connectivity index (χ1v) is 12.5. The van der Waals surface area contributed by atoms with Crippen LogP contribution in [0.1, 0.15) is 67.5 Å². The molecule has 1 aliphatic heterocycles. The van der Waals surface area contributed by atoms with E-state index in [1.807, 2.05) is 17.9 Å². The maximum Gasteiger partial charge on any atom is 0.416 e. The van der Waals surface area contributed by atoms with Crippen molar-refractivity contribution >= 4 is 5.97 Å². The maximum absolute atomic E-state index is 13.3. The van der Waals surface area contributed by atoms with Gasteiger partial charge < -0.3 is 10.1 Å². The highest BCUT2D eigenvalue weighted by Crippen LogP contribution is 2.35. The van der Waals surface area contributed by atoms with E-state index < -0.39 is 23.9 Å². The highest BCUT2D eigenvalue weighted by Gasteiger charge is 2.34. The second-order valence-corrected chi connectivity index (χ2v) is 10.3. The van der Waals surface area contributed by atoms with Gasteiger partial charge in [0.1, 0.15) is 0 Å². The third-order valence-electron chi connectivity index (χ3n) is 7.63. The summed E-state index contributed by atoms with van der Waals surface area (Å²) in [6.07, 6.45) is -2.84. The van der Waals surface area contributed by atoms with E-state index in [-0.39, 0.29) is 12.0 Å². The van der Waals surface area contributed by atoms with Crippen LogP contribution in [0.25, 0.3) is 0 Å². The Balaban J connectivity index is 1.45. The predicted molar refractivity (Wildman–Crippen MR) is 130 cm³/mol. The van der Waals surface area contributed by atoms with Crippen LogP contribution in [0.15, 0.2) is 42.5 Å². The topological polar surface area (TPSA) is 41.6 Å². The summed E-state index contributed by atoms with van der Waals surface area (Å²) in [6, 6.07) is 11.4. The van der Waals surface area contributed by atoms with Crippen molar-refractivity contribution < 1.29 is 22.7 Å². The van der Waals surface area contributed by atoms with Crippen molar-refractivity contribution in [3.63, 3.8) is 0 Å². The number of halogens is 3. The summed E-state index contributed by atoms with van der Waals surface area (Å²) in [5, 5.41) is 3.25. The fraction of sp³-hybridized carbons (Fsp3) is 0.536. The quantitative estimate of drug-likeness (QED) is 0.529. The summed E-state index contributed by atoms with van der Waals surface area (Å²) in [4.78, 5) is 15.0. The number of benzene rings is 2. The molecule has 4 atom stereocenters.